The fourth-order valence-corrected chi connectivity index (χ4v) is 1.70. The van der Waals surface area contributed by atoms with Gasteiger partial charge in [0, 0.05) is 6.42 Å². The van der Waals surface area contributed by atoms with E-state index in [1.165, 1.54) is 25.3 Å². The molecule has 1 atom stereocenters. The first-order valence-corrected chi connectivity index (χ1v) is 6.67. The van der Waals surface area contributed by atoms with E-state index < -0.39 is 29.5 Å². The number of benzene rings is 1. The van der Waals surface area contributed by atoms with E-state index in [4.69, 9.17) is 9.47 Å². The molecule has 0 aromatic heterocycles. The molecule has 1 amide bonds. The van der Waals surface area contributed by atoms with Gasteiger partial charge in [-0.2, -0.15) is 0 Å². The molecule has 0 aliphatic heterocycles. The molecule has 0 heterocycles. The van der Waals surface area contributed by atoms with Crippen LogP contribution in [-0.2, 0) is 16.0 Å². The molecular formula is C15H20FNO5. The molecule has 0 radical (unpaired) electrons. The second kappa shape index (κ2) is 7.11. The summed E-state index contributed by atoms with van der Waals surface area (Å²) in [7, 11) is 1.42. The van der Waals surface area contributed by atoms with Crippen LogP contribution < -0.4 is 10.1 Å². The number of hydrogen-bond acceptors (Lipinski definition) is 4. The Kier molecular flexibility index (Phi) is 5.73. The van der Waals surface area contributed by atoms with Crippen molar-refractivity contribution in [1.29, 1.82) is 0 Å². The second-order valence-electron chi connectivity index (χ2n) is 5.70. The molecule has 0 aliphatic rings. The van der Waals surface area contributed by atoms with Crippen LogP contribution in [0.2, 0.25) is 0 Å². The number of alkyl carbamates (subject to hydrolysis) is 1. The molecule has 1 unspecified atom stereocenters. The normalized spacial score (nSPS) is 12.4. The molecule has 0 fully saturated rings. The molecule has 1 aromatic carbocycles. The van der Waals surface area contributed by atoms with E-state index in [0.29, 0.717) is 5.75 Å². The van der Waals surface area contributed by atoms with E-state index in [9.17, 15) is 19.1 Å². The fourth-order valence-electron chi connectivity index (χ4n) is 1.70. The Morgan fingerprint density at radius 2 is 2.00 bits per heavy atom. The molecule has 0 saturated heterocycles. The Morgan fingerprint density at radius 3 is 2.50 bits per heavy atom. The predicted molar refractivity (Wildman–Crippen MR) is 77.4 cm³/mol. The Labute approximate surface area is 128 Å². The van der Waals surface area contributed by atoms with Crippen LogP contribution in [0.1, 0.15) is 26.3 Å². The molecule has 0 spiro atoms. The molecule has 2 N–H and O–H groups in total. The summed E-state index contributed by atoms with van der Waals surface area (Å²) in [5.74, 6) is -1.45. The zero-order valence-electron chi connectivity index (χ0n) is 13.0. The number of rotatable bonds is 5. The maximum atomic E-state index is 13.7. The van der Waals surface area contributed by atoms with Gasteiger partial charge in [-0.3, -0.25) is 0 Å². The first kappa shape index (κ1) is 17.7. The smallest absolute Gasteiger partial charge is 0.408 e. The first-order valence-electron chi connectivity index (χ1n) is 6.67. The minimum absolute atomic E-state index is 0.128. The van der Waals surface area contributed by atoms with E-state index in [-0.39, 0.29) is 12.0 Å². The lowest BCUT2D eigenvalue weighted by atomic mass is 10.1. The number of methoxy groups -OCH3 is 1. The highest BCUT2D eigenvalue weighted by atomic mass is 19.1. The number of carbonyl (C=O) groups is 2. The van der Waals surface area contributed by atoms with Crippen molar-refractivity contribution in [2.45, 2.75) is 38.8 Å². The van der Waals surface area contributed by atoms with Crippen molar-refractivity contribution < 1.29 is 28.6 Å². The Bertz CT molecular complexity index is 553. The molecular weight excluding hydrogens is 293 g/mol. The average Bonchev–Trinajstić information content (AvgIpc) is 2.38. The van der Waals surface area contributed by atoms with E-state index in [1.54, 1.807) is 20.8 Å². The van der Waals surface area contributed by atoms with Gasteiger partial charge < -0.3 is 19.9 Å². The minimum atomic E-state index is -1.31. The van der Waals surface area contributed by atoms with Crippen LogP contribution in [0.25, 0.3) is 0 Å². The predicted octanol–water partition coefficient (Wildman–Crippen LogP) is 2.35. The maximum Gasteiger partial charge on any atom is 0.408 e. The number of nitrogens with one attached hydrogen (secondary N) is 1. The number of halogens is 1. The maximum absolute atomic E-state index is 13.7. The highest BCUT2D eigenvalue weighted by molar-refractivity contribution is 5.80. The number of hydrogen-bond donors (Lipinski definition) is 2. The lowest BCUT2D eigenvalue weighted by Crippen LogP contribution is -2.44. The third-order valence-electron chi connectivity index (χ3n) is 2.67. The third kappa shape index (κ3) is 5.59. The minimum Gasteiger partial charge on any atom is -0.497 e. The van der Waals surface area contributed by atoms with Gasteiger partial charge in [0.2, 0.25) is 0 Å². The molecule has 6 nitrogen and oxygen atoms in total. The summed E-state index contributed by atoms with van der Waals surface area (Å²) in [5.41, 5.74) is -0.628. The van der Waals surface area contributed by atoms with Gasteiger partial charge in [0.05, 0.1) is 7.11 Å². The Hall–Kier alpha value is -2.31. The van der Waals surface area contributed by atoms with Crippen molar-refractivity contribution in [2.75, 3.05) is 7.11 Å². The molecule has 7 heteroatoms. The second-order valence-corrected chi connectivity index (χ2v) is 5.70. The van der Waals surface area contributed by atoms with Crippen LogP contribution in [-0.4, -0.2) is 35.9 Å². The standard InChI is InChI=1S/C15H20FNO5/c1-15(2,3)22-14(20)17-12(13(18)19)8-9-7-10(21-4)5-6-11(9)16/h5-7,12H,8H2,1-4H3,(H,17,20)(H,18,19). The van der Waals surface area contributed by atoms with E-state index in [1.807, 2.05) is 0 Å². The van der Waals surface area contributed by atoms with Crippen LogP contribution in [0.5, 0.6) is 5.75 Å². The van der Waals surface area contributed by atoms with Crippen LogP contribution >= 0.6 is 0 Å². The van der Waals surface area contributed by atoms with Gasteiger partial charge in [0.15, 0.2) is 0 Å². The van der Waals surface area contributed by atoms with Crippen LogP contribution in [0.15, 0.2) is 18.2 Å². The molecule has 0 saturated carbocycles. The Morgan fingerprint density at radius 1 is 1.36 bits per heavy atom. The van der Waals surface area contributed by atoms with Crippen molar-refractivity contribution in [2.24, 2.45) is 0 Å². The molecule has 1 aromatic rings. The fraction of sp³-hybridized carbons (Fsp3) is 0.467. The molecule has 1 rings (SSSR count). The highest BCUT2D eigenvalue weighted by Gasteiger charge is 2.25. The number of amides is 1. The first-order chi connectivity index (χ1) is 10.1. The average molecular weight is 313 g/mol. The molecule has 22 heavy (non-hydrogen) atoms. The van der Waals surface area contributed by atoms with E-state index in [2.05, 4.69) is 5.32 Å². The summed E-state index contributed by atoms with van der Waals surface area (Å²) in [6.07, 6.45) is -1.10. The van der Waals surface area contributed by atoms with Gasteiger partial charge in [0.25, 0.3) is 0 Å². The van der Waals surface area contributed by atoms with Crippen molar-refractivity contribution in [3.05, 3.63) is 29.6 Å². The van der Waals surface area contributed by atoms with Gasteiger partial charge in [-0.1, -0.05) is 0 Å². The van der Waals surface area contributed by atoms with Crippen LogP contribution in [0, 0.1) is 5.82 Å². The molecule has 122 valence electrons. The molecule has 0 aliphatic carbocycles. The number of carboxylic acid groups (broad SMARTS) is 1. The van der Waals surface area contributed by atoms with Gasteiger partial charge in [0.1, 0.15) is 23.2 Å². The summed E-state index contributed by atoms with van der Waals surface area (Å²) in [6.45, 7) is 4.97. The van der Waals surface area contributed by atoms with Gasteiger partial charge in [-0.25, -0.2) is 14.0 Å². The Balaban J connectivity index is 2.85. The largest absolute Gasteiger partial charge is 0.497 e. The topological polar surface area (TPSA) is 84.9 Å². The number of aliphatic carboxylic acids is 1. The van der Waals surface area contributed by atoms with Crippen molar-refractivity contribution in [3.8, 4) is 5.75 Å². The van der Waals surface area contributed by atoms with Crippen LogP contribution in [0.3, 0.4) is 0 Å². The summed E-state index contributed by atoms with van der Waals surface area (Å²) < 4.78 is 23.7. The lowest BCUT2D eigenvalue weighted by molar-refractivity contribution is -0.139. The van der Waals surface area contributed by atoms with Crippen molar-refractivity contribution >= 4 is 12.1 Å². The number of carboxylic acids is 1. The summed E-state index contributed by atoms with van der Waals surface area (Å²) in [5, 5.41) is 11.4. The monoisotopic (exact) mass is 313 g/mol. The lowest BCUT2D eigenvalue weighted by Gasteiger charge is -2.22. The quantitative estimate of drug-likeness (QED) is 0.871. The summed E-state index contributed by atoms with van der Waals surface area (Å²) >= 11 is 0. The van der Waals surface area contributed by atoms with Gasteiger partial charge >= 0.3 is 12.1 Å². The van der Waals surface area contributed by atoms with Gasteiger partial charge in [-0.15, -0.1) is 0 Å². The van der Waals surface area contributed by atoms with Gasteiger partial charge in [-0.05, 0) is 44.5 Å². The van der Waals surface area contributed by atoms with E-state index in [0.717, 1.165) is 0 Å². The van der Waals surface area contributed by atoms with Crippen molar-refractivity contribution in [3.63, 3.8) is 0 Å². The van der Waals surface area contributed by atoms with E-state index >= 15 is 0 Å². The number of ether oxygens (including phenoxy) is 2. The zero-order valence-corrected chi connectivity index (χ0v) is 13.0. The summed E-state index contributed by atoms with van der Waals surface area (Å²) in [6, 6.07) is 2.69. The van der Waals surface area contributed by atoms with Crippen molar-refractivity contribution in [1.82, 2.24) is 5.32 Å². The number of carbonyl (C=O) groups excluding carboxylic acids is 1. The summed E-state index contributed by atoms with van der Waals surface area (Å²) in [4.78, 5) is 22.9. The SMILES string of the molecule is COc1ccc(F)c(CC(NC(=O)OC(C)(C)C)C(=O)O)c1. The third-order valence-corrected chi connectivity index (χ3v) is 2.67. The van der Waals surface area contributed by atoms with Crippen LogP contribution in [0.4, 0.5) is 9.18 Å². The molecule has 0 bridgehead atoms. The zero-order chi connectivity index (χ0) is 16.9. The highest BCUT2D eigenvalue weighted by Crippen LogP contribution is 2.18.